The van der Waals surface area contributed by atoms with Gasteiger partial charge < -0.3 is 25.3 Å². The van der Waals surface area contributed by atoms with E-state index < -0.39 is 17.9 Å². The van der Waals surface area contributed by atoms with E-state index in [2.05, 4.69) is 18.7 Å². The van der Waals surface area contributed by atoms with E-state index in [0.717, 1.165) is 40.4 Å². The molecule has 8 nitrogen and oxygen atoms in total. The van der Waals surface area contributed by atoms with Gasteiger partial charge in [-0.1, -0.05) is 13.8 Å². The van der Waals surface area contributed by atoms with Gasteiger partial charge in [-0.2, -0.15) is 0 Å². The molecule has 0 fully saturated rings. The van der Waals surface area contributed by atoms with Crippen LogP contribution in [0, 0.1) is 0 Å². The largest absolute Gasteiger partial charge is 0.481 e. The topological polar surface area (TPSA) is 135 Å². The molecule has 0 aliphatic rings. The fraction of sp³-hybridized carbons (Fsp3) is 0.750. The second-order valence-corrected chi connectivity index (χ2v) is 3.31. The van der Waals surface area contributed by atoms with Gasteiger partial charge in [0, 0.05) is 27.3 Å². The zero-order valence-corrected chi connectivity index (χ0v) is 12.8. The summed E-state index contributed by atoms with van der Waals surface area (Å²) in [6.45, 7) is 10.6. The summed E-state index contributed by atoms with van der Waals surface area (Å²) in [4.78, 5) is 29.2. The Balaban J connectivity index is -0.0000000917. The van der Waals surface area contributed by atoms with E-state index in [9.17, 15) is 0 Å². The Bertz CT molecular complexity index is 199. The van der Waals surface area contributed by atoms with Gasteiger partial charge in [-0.25, -0.2) is 0 Å². The SMILES string of the molecule is CC(=O)O.CC(=O)O.CC(=O)O.CCN(CC)CCO. The Hall–Kier alpha value is -1.67. The van der Waals surface area contributed by atoms with Crippen molar-refractivity contribution in [1.29, 1.82) is 0 Å². The molecule has 0 spiro atoms. The molecular weight excluding hydrogens is 270 g/mol. The smallest absolute Gasteiger partial charge is 0.300 e. The van der Waals surface area contributed by atoms with E-state index in [1.54, 1.807) is 0 Å². The molecule has 0 bridgehead atoms. The molecule has 8 heteroatoms. The number of rotatable bonds is 4. The van der Waals surface area contributed by atoms with Crippen molar-refractivity contribution < 1.29 is 34.8 Å². The van der Waals surface area contributed by atoms with Gasteiger partial charge in [0.2, 0.25) is 0 Å². The van der Waals surface area contributed by atoms with Crippen LogP contribution in [-0.4, -0.2) is 69.5 Å². The molecular formula is C12H27NO7. The van der Waals surface area contributed by atoms with Gasteiger partial charge in [-0.3, -0.25) is 14.4 Å². The van der Waals surface area contributed by atoms with Crippen LogP contribution in [0.25, 0.3) is 0 Å². The van der Waals surface area contributed by atoms with Crippen LogP contribution >= 0.6 is 0 Å². The van der Waals surface area contributed by atoms with Crippen LogP contribution in [0.1, 0.15) is 34.6 Å². The second-order valence-electron chi connectivity index (χ2n) is 3.31. The highest BCUT2D eigenvalue weighted by molar-refractivity contribution is 5.63. The van der Waals surface area contributed by atoms with E-state index in [1.165, 1.54) is 0 Å². The number of aliphatic hydroxyl groups excluding tert-OH is 1. The molecule has 0 saturated carbocycles. The predicted octanol–water partition coefficient (Wildman–Crippen LogP) is 0.593. The third-order valence-electron chi connectivity index (χ3n) is 1.31. The van der Waals surface area contributed by atoms with E-state index in [4.69, 9.17) is 34.8 Å². The Labute approximate surface area is 119 Å². The number of hydrogen-bond donors (Lipinski definition) is 4. The van der Waals surface area contributed by atoms with Crippen molar-refractivity contribution in [3.05, 3.63) is 0 Å². The van der Waals surface area contributed by atoms with Crippen molar-refractivity contribution in [3.63, 3.8) is 0 Å². The summed E-state index contributed by atoms with van der Waals surface area (Å²) in [7, 11) is 0. The maximum absolute atomic E-state index is 9.00. The van der Waals surface area contributed by atoms with E-state index in [-0.39, 0.29) is 6.61 Å². The number of likely N-dealkylation sites (N-methyl/N-ethyl adjacent to an activating group) is 1. The van der Waals surface area contributed by atoms with Crippen LogP contribution in [0.5, 0.6) is 0 Å². The van der Waals surface area contributed by atoms with Crippen LogP contribution < -0.4 is 0 Å². The highest BCUT2D eigenvalue weighted by atomic mass is 16.4. The summed E-state index contributed by atoms with van der Waals surface area (Å²) >= 11 is 0. The normalized spacial score (nSPS) is 7.95. The number of nitrogens with zero attached hydrogens (tertiary/aromatic N) is 1. The van der Waals surface area contributed by atoms with Gasteiger partial charge >= 0.3 is 0 Å². The summed E-state index contributed by atoms with van der Waals surface area (Å²) in [5.74, 6) is -2.50. The van der Waals surface area contributed by atoms with Crippen LogP contribution in [0.4, 0.5) is 0 Å². The monoisotopic (exact) mass is 297 g/mol. The van der Waals surface area contributed by atoms with Gasteiger partial charge in [0.15, 0.2) is 0 Å². The molecule has 0 amide bonds. The van der Waals surface area contributed by atoms with Gasteiger partial charge in [-0.05, 0) is 13.1 Å². The van der Waals surface area contributed by atoms with Gasteiger partial charge in [0.05, 0.1) is 6.61 Å². The van der Waals surface area contributed by atoms with E-state index >= 15 is 0 Å². The zero-order chi connectivity index (χ0) is 17.1. The van der Waals surface area contributed by atoms with Crippen molar-refractivity contribution in [2.24, 2.45) is 0 Å². The number of carbonyl (C=O) groups is 3. The Kier molecular flexibility index (Phi) is 30.2. The molecule has 122 valence electrons. The molecule has 20 heavy (non-hydrogen) atoms. The molecule has 0 aromatic carbocycles. The summed E-state index contributed by atoms with van der Waals surface area (Å²) < 4.78 is 0. The molecule has 0 rings (SSSR count). The average molecular weight is 297 g/mol. The van der Waals surface area contributed by atoms with Crippen LogP contribution in [0.2, 0.25) is 0 Å². The number of carboxylic acids is 3. The molecule has 0 saturated heterocycles. The van der Waals surface area contributed by atoms with Crippen molar-refractivity contribution in [1.82, 2.24) is 4.90 Å². The lowest BCUT2D eigenvalue weighted by molar-refractivity contribution is -0.135. The molecule has 0 heterocycles. The zero-order valence-electron chi connectivity index (χ0n) is 12.8. The first kappa shape index (κ1) is 26.8. The summed E-state index contributed by atoms with van der Waals surface area (Å²) in [6, 6.07) is 0. The first-order chi connectivity index (χ1) is 9.04. The molecule has 0 radical (unpaired) electrons. The molecule has 0 aliphatic carbocycles. The molecule has 4 N–H and O–H groups in total. The van der Waals surface area contributed by atoms with Crippen molar-refractivity contribution in [2.45, 2.75) is 34.6 Å². The van der Waals surface area contributed by atoms with Gasteiger partial charge in [0.25, 0.3) is 17.9 Å². The number of carboxylic acid groups (broad SMARTS) is 3. The minimum atomic E-state index is -0.833. The molecule has 0 atom stereocenters. The number of hydrogen-bond acceptors (Lipinski definition) is 5. The maximum Gasteiger partial charge on any atom is 0.300 e. The fourth-order valence-corrected chi connectivity index (χ4v) is 0.681. The Morgan fingerprint density at radius 1 is 0.800 bits per heavy atom. The molecule has 0 aromatic rings. The van der Waals surface area contributed by atoms with E-state index in [0.29, 0.717) is 0 Å². The fourth-order valence-electron chi connectivity index (χ4n) is 0.681. The van der Waals surface area contributed by atoms with Crippen LogP contribution in [-0.2, 0) is 14.4 Å². The van der Waals surface area contributed by atoms with Crippen LogP contribution in [0.15, 0.2) is 0 Å². The summed E-state index contributed by atoms with van der Waals surface area (Å²) in [5, 5.41) is 30.7. The lowest BCUT2D eigenvalue weighted by atomic mass is 10.5. The predicted molar refractivity (Wildman–Crippen MR) is 74.8 cm³/mol. The quantitative estimate of drug-likeness (QED) is 0.592. The Morgan fingerprint density at radius 3 is 1.05 bits per heavy atom. The summed E-state index contributed by atoms with van der Waals surface area (Å²) in [5.41, 5.74) is 0. The standard InChI is InChI=1S/C6H15NO.3C2H4O2/c1-3-7(4-2)5-6-8;3*1-2(3)4/h8H,3-6H2,1-2H3;3*1H3,(H,3,4). The number of aliphatic hydroxyl groups is 1. The average Bonchev–Trinajstić information content (AvgIpc) is 2.23. The van der Waals surface area contributed by atoms with Crippen molar-refractivity contribution >= 4 is 17.9 Å². The lowest BCUT2D eigenvalue weighted by Gasteiger charge is -2.15. The lowest BCUT2D eigenvalue weighted by Crippen LogP contribution is -2.25. The molecule has 0 unspecified atom stereocenters. The van der Waals surface area contributed by atoms with Crippen molar-refractivity contribution in [2.75, 3.05) is 26.2 Å². The molecule has 0 aliphatic heterocycles. The number of aliphatic carboxylic acids is 3. The third-order valence-corrected chi connectivity index (χ3v) is 1.31. The Morgan fingerprint density at radius 2 is 1.00 bits per heavy atom. The highest BCUT2D eigenvalue weighted by Crippen LogP contribution is 1.82. The third kappa shape index (κ3) is 135. The van der Waals surface area contributed by atoms with Crippen molar-refractivity contribution in [3.8, 4) is 0 Å². The highest BCUT2D eigenvalue weighted by Gasteiger charge is 1.93. The van der Waals surface area contributed by atoms with E-state index in [1.807, 2.05) is 0 Å². The van der Waals surface area contributed by atoms with Gasteiger partial charge in [-0.15, -0.1) is 0 Å². The first-order valence-electron chi connectivity index (χ1n) is 5.96. The van der Waals surface area contributed by atoms with Gasteiger partial charge in [0.1, 0.15) is 0 Å². The second kappa shape index (κ2) is 22.5. The minimum Gasteiger partial charge on any atom is -0.481 e. The maximum atomic E-state index is 9.00. The first-order valence-corrected chi connectivity index (χ1v) is 5.96. The molecule has 0 aromatic heterocycles. The minimum absolute atomic E-state index is 0.279. The summed E-state index contributed by atoms with van der Waals surface area (Å²) in [6.07, 6.45) is 0. The van der Waals surface area contributed by atoms with Crippen LogP contribution in [0.3, 0.4) is 0 Å².